The van der Waals surface area contributed by atoms with Gasteiger partial charge < -0.3 is 9.67 Å². The van der Waals surface area contributed by atoms with Crippen molar-refractivity contribution in [1.82, 2.24) is 20.0 Å². The summed E-state index contributed by atoms with van der Waals surface area (Å²) in [5.74, 6) is 0.959. The average Bonchev–Trinajstić information content (AvgIpc) is 2.77. The number of aliphatic hydroxyl groups is 1. The third kappa shape index (κ3) is 2.83. The highest BCUT2D eigenvalue weighted by atomic mass is 16.2. The maximum atomic E-state index is 8.72. The molecule has 6 nitrogen and oxygen atoms in total. The molecule has 1 aromatic heterocycles. The van der Waals surface area contributed by atoms with Crippen molar-refractivity contribution in [3.05, 3.63) is 12.0 Å². The normalized spacial score (nSPS) is 14.1. The van der Waals surface area contributed by atoms with Gasteiger partial charge in [0.2, 0.25) is 0 Å². The SMILES string of the molecule is CNN1C=Nc2c(ncn2CCCCCO)C1. The molecule has 1 aliphatic rings. The van der Waals surface area contributed by atoms with Gasteiger partial charge in [-0.15, -0.1) is 0 Å². The van der Waals surface area contributed by atoms with Gasteiger partial charge >= 0.3 is 0 Å². The van der Waals surface area contributed by atoms with Crippen LogP contribution in [0.1, 0.15) is 25.0 Å². The van der Waals surface area contributed by atoms with Crippen LogP contribution in [0, 0.1) is 0 Å². The molecule has 0 unspecified atom stereocenters. The molecule has 1 aromatic rings. The summed E-state index contributed by atoms with van der Waals surface area (Å²) in [4.78, 5) is 8.77. The number of fused-ring (bicyclic) bond motifs is 1. The van der Waals surface area contributed by atoms with Gasteiger partial charge in [-0.25, -0.2) is 15.4 Å². The summed E-state index contributed by atoms with van der Waals surface area (Å²) in [6.45, 7) is 1.94. The fourth-order valence-corrected chi connectivity index (χ4v) is 1.88. The molecule has 94 valence electrons. The first kappa shape index (κ1) is 12.1. The lowest BCUT2D eigenvalue weighted by molar-refractivity contribution is 0.282. The molecule has 2 heterocycles. The van der Waals surface area contributed by atoms with Crippen LogP contribution in [0.2, 0.25) is 0 Å². The third-order valence-electron chi connectivity index (χ3n) is 2.87. The van der Waals surface area contributed by atoms with Crippen LogP contribution in [-0.2, 0) is 13.1 Å². The molecule has 0 spiro atoms. The van der Waals surface area contributed by atoms with E-state index >= 15 is 0 Å². The van der Waals surface area contributed by atoms with Gasteiger partial charge in [0.1, 0.15) is 12.0 Å². The van der Waals surface area contributed by atoms with Crippen molar-refractivity contribution in [2.45, 2.75) is 32.4 Å². The number of hydrogen-bond donors (Lipinski definition) is 2. The Kier molecular flexibility index (Phi) is 4.11. The molecule has 0 saturated heterocycles. The first-order valence-corrected chi connectivity index (χ1v) is 5.98. The van der Waals surface area contributed by atoms with E-state index in [9.17, 15) is 0 Å². The summed E-state index contributed by atoms with van der Waals surface area (Å²) < 4.78 is 2.08. The van der Waals surface area contributed by atoms with Crippen molar-refractivity contribution < 1.29 is 5.11 Å². The molecule has 0 saturated carbocycles. The van der Waals surface area contributed by atoms with Crippen LogP contribution < -0.4 is 5.43 Å². The summed E-state index contributed by atoms with van der Waals surface area (Å²) >= 11 is 0. The molecule has 0 atom stereocenters. The first-order valence-electron chi connectivity index (χ1n) is 5.98. The molecule has 0 radical (unpaired) electrons. The molecular weight excluding hydrogens is 218 g/mol. The van der Waals surface area contributed by atoms with Gasteiger partial charge in [-0.3, -0.25) is 5.01 Å². The molecule has 0 amide bonds. The zero-order chi connectivity index (χ0) is 12.1. The Morgan fingerprint density at radius 3 is 3.06 bits per heavy atom. The third-order valence-corrected chi connectivity index (χ3v) is 2.87. The van der Waals surface area contributed by atoms with Crippen LogP contribution >= 0.6 is 0 Å². The predicted octanol–water partition coefficient (Wildman–Crippen LogP) is 0.655. The van der Waals surface area contributed by atoms with Gasteiger partial charge in [-0.05, 0) is 19.3 Å². The lowest BCUT2D eigenvalue weighted by Crippen LogP contribution is -2.34. The molecule has 0 aliphatic carbocycles. The topological polar surface area (TPSA) is 65.7 Å². The molecule has 6 heteroatoms. The van der Waals surface area contributed by atoms with Crippen molar-refractivity contribution in [3.8, 4) is 0 Å². The number of aliphatic imine (C=N–C) groups is 1. The summed E-state index contributed by atoms with van der Waals surface area (Å²) in [7, 11) is 1.86. The number of hydrogen-bond acceptors (Lipinski definition) is 5. The van der Waals surface area contributed by atoms with Crippen molar-refractivity contribution in [3.63, 3.8) is 0 Å². The van der Waals surface area contributed by atoms with E-state index in [1.54, 1.807) is 6.34 Å². The van der Waals surface area contributed by atoms with Crippen LogP contribution in [0.15, 0.2) is 11.3 Å². The lowest BCUT2D eigenvalue weighted by Gasteiger charge is -2.20. The molecular formula is C11H19N5O. The standard InChI is InChI=1S/C11H19N5O/c1-12-16-7-10-11(14-9-16)15(8-13-10)5-3-2-4-6-17/h8-9,12,17H,2-7H2,1H3. The minimum absolute atomic E-state index is 0.275. The summed E-state index contributed by atoms with van der Waals surface area (Å²) in [6, 6.07) is 0. The van der Waals surface area contributed by atoms with Crippen LogP contribution in [0.25, 0.3) is 0 Å². The van der Waals surface area contributed by atoms with E-state index in [0.29, 0.717) is 0 Å². The maximum Gasteiger partial charge on any atom is 0.159 e. The summed E-state index contributed by atoms with van der Waals surface area (Å²) in [6.07, 6.45) is 6.59. The molecule has 17 heavy (non-hydrogen) atoms. The maximum absolute atomic E-state index is 8.72. The Hall–Kier alpha value is -1.40. The number of rotatable bonds is 6. The van der Waals surface area contributed by atoms with Crippen LogP contribution in [0.3, 0.4) is 0 Å². The Balaban J connectivity index is 1.95. The van der Waals surface area contributed by atoms with Gasteiger partial charge in [0.05, 0.1) is 12.9 Å². The van der Waals surface area contributed by atoms with Gasteiger partial charge in [0.15, 0.2) is 5.82 Å². The number of hydrazine groups is 1. The zero-order valence-corrected chi connectivity index (χ0v) is 10.1. The van der Waals surface area contributed by atoms with Crippen LogP contribution in [-0.4, -0.2) is 39.7 Å². The van der Waals surface area contributed by atoms with Crippen molar-refractivity contribution in [2.24, 2.45) is 4.99 Å². The highest BCUT2D eigenvalue weighted by Crippen LogP contribution is 2.22. The Morgan fingerprint density at radius 1 is 1.41 bits per heavy atom. The number of aryl methyl sites for hydroxylation is 1. The second kappa shape index (κ2) is 5.79. The number of aromatic nitrogens is 2. The predicted molar refractivity (Wildman–Crippen MR) is 65.9 cm³/mol. The average molecular weight is 237 g/mol. The highest BCUT2D eigenvalue weighted by Gasteiger charge is 2.15. The van der Waals surface area contributed by atoms with Gasteiger partial charge in [0, 0.05) is 20.2 Å². The van der Waals surface area contributed by atoms with E-state index in [2.05, 4.69) is 20.0 Å². The van der Waals surface area contributed by atoms with E-state index < -0.39 is 0 Å². The van der Waals surface area contributed by atoms with Crippen LogP contribution in [0.5, 0.6) is 0 Å². The fraction of sp³-hybridized carbons (Fsp3) is 0.636. The molecule has 2 N–H and O–H groups in total. The monoisotopic (exact) mass is 237 g/mol. The minimum Gasteiger partial charge on any atom is -0.396 e. The van der Waals surface area contributed by atoms with E-state index in [1.807, 2.05) is 18.4 Å². The van der Waals surface area contributed by atoms with Crippen molar-refractivity contribution in [1.29, 1.82) is 0 Å². The lowest BCUT2D eigenvalue weighted by atomic mass is 10.2. The van der Waals surface area contributed by atoms with E-state index in [4.69, 9.17) is 5.11 Å². The Morgan fingerprint density at radius 2 is 2.29 bits per heavy atom. The van der Waals surface area contributed by atoms with Crippen molar-refractivity contribution in [2.75, 3.05) is 13.7 Å². The quantitative estimate of drug-likeness (QED) is 0.713. The van der Waals surface area contributed by atoms with Gasteiger partial charge in [-0.1, -0.05) is 0 Å². The molecule has 0 fully saturated rings. The summed E-state index contributed by atoms with van der Waals surface area (Å²) in [5.41, 5.74) is 4.02. The first-order chi connectivity index (χ1) is 8.35. The van der Waals surface area contributed by atoms with E-state index in [1.165, 1.54) is 0 Å². The number of aliphatic hydroxyl groups excluding tert-OH is 1. The molecule has 1 aliphatic heterocycles. The number of nitrogens with one attached hydrogen (secondary N) is 1. The Bertz CT molecular complexity index is 387. The largest absolute Gasteiger partial charge is 0.396 e. The van der Waals surface area contributed by atoms with Gasteiger partial charge in [0.25, 0.3) is 0 Å². The minimum atomic E-state index is 0.275. The van der Waals surface area contributed by atoms with E-state index in [0.717, 1.165) is 43.9 Å². The van der Waals surface area contributed by atoms with Gasteiger partial charge in [-0.2, -0.15) is 0 Å². The second-order valence-corrected chi connectivity index (χ2v) is 4.09. The number of nitrogens with zero attached hydrogens (tertiary/aromatic N) is 4. The van der Waals surface area contributed by atoms with E-state index in [-0.39, 0.29) is 6.61 Å². The number of imidazole rings is 1. The Labute approximate surface area is 101 Å². The van der Waals surface area contributed by atoms with Crippen molar-refractivity contribution >= 4 is 12.2 Å². The highest BCUT2D eigenvalue weighted by molar-refractivity contribution is 5.63. The smallest absolute Gasteiger partial charge is 0.159 e. The fourth-order valence-electron chi connectivity index (χ4n) is 1.88. The second-order valence-electron chi connectivity index (χ2n) is 4.09. The summed E-state index contributed by atoms with van der Waals surface area (Å²) in [5, 5.41) is 10.6. The molecule has 0 aromatic carbocycles. The number of unbranched alkanes of at least 4 members (excludes halogenated alkanes) is 2. The zero-order valence-electron chi connectivity index (χ0n) is 10.1. The molecule has 2 rings (SSSR count). The van der Waals surface area contributed by atoms with Crippen LogP contribution in [0.4, 0.5) is 5.82 Å². The molecule has 0 bridgehead atoms.